The molecule has 134 valence electrons. The maximum absolute atomic E-state index is 12.4. The molecular weight excluding hydrogens is 352 g/mol. The normalized spacial score (nSPS) is 19.0. The van der Waals surface area contributed by atoms with E-state index >= 15 is 0 Å². The molecule has 1 aromatic carbocycles. The number of nitrogens with zero attached hydrogens (tertiary/aromatic N) is 1. The van der Waals surface area contributed by atoms with Gasteiger partial charge in [0.15, 0.2) is 0 Å². The predicted octanol–water partition coefficient (Wildman–Crippen LogP) is 2.83. The predicted molar refractivity (Wildman–Crippen MR) is 101 cm³/mol. The minimum Gasteiger partial charge on any atom is -0.326 e. The molecule has 0 bridgehead atoms. The van der Waals surface area contributed by atoms with Crippen molar-refractivity contribution < 1.29 is 9.59 Å². The van der Waals surface area contributed by atoms with Crippen LogP contribution in [0.2, 0.25) is 5.02 Å². The van der Waals surface area contributed by atoms with Gasteiger partial charge in [-0.3, -0.25) is 9.59 Å². The Morgan fingerprint density at radius 1 is 1.31 bits per heavy atom. The number of carbonyl (C=O) groups is 2. The van der Waals surface area contributed by atoms with Crippen LogP contribution in [0.4, 0.5) is 11.5 Å². The lowest BCUT2D eigenvalue weighted by Crippen LogP contribution is -2.37. The quantitative estimate of drug-likeness (QED) is 0.775. The van der Waals surface area contributed by atoms with Crippen molar-refractivity contribution in [3.63, 3.8) is 0 Å². The highest BCUT2D eigenvalue weighted by Gasteiger charge is 2.22. The van der Waals surface area contributed by atoms with Crippen LogP contribution in [0.25, 0.3) is 11.1 Å². The van der Waals surface area contributed by atoms with Crippen molar-refractivity contribution in [2.45, 2.75) is 19.3 Å². The lowest BCUT2D eigenvalue weighted by molar-refractivity contribution is -0.120. The van der Waals surface area contributed by atoms with Gasteiger partial charge in [-0.25, -0.2) is 4.98 Å². The van der Waals surface area contributed by atoms with Gasteiger partial charge in [-0.2, -0.15) is 0 Å². The molecule has 0 spiro atoms. The molecule has 2 aliphatic heterocycles. The summed E-state index contributed by atoms with van der Waals surface area (Å²) in [6, 6.07) is 7.52. The van der Waals surface area contributed by atoms with Crippen LogP contribution in [-0.4, -0.2) is 29.9 Å². The molecule has 1 unspecified atom stereocenters. The molecule has 26 heavy (non-hydrogen) atoms. The second kappa shape index (κ2) is 7.05. The molecule has 2 aromatic rings. The smallest absolute Gasteiger partial charge is 0.229 e. The molecule has 7 heteroatoms. The van der Waals surface area contributed by atoms with Crippen molar-refractivity contribution in [3.8, 4) is 11.1 Å². The molecule has 6 nitrogen and oxygen atoms in total. The van der Waals surface area contributed by atoms with Gasteiger partial charge >= 0.3 is 0 Å². The monoisotopic (exact) mass is 370 g/mol. The number of fused-ring (bicyclic) bond motifs is 1. The van der Waals surface area contributed by atoms with Crippen LogP contribution in [-0.2, 0) is 16.0 Å². The summed E-state index contributed by atoms with van der Waals surface area (Å²) in [5, 5.41) is 9.46. The van der Waals surface area contributed by atoms with Gasteiger partial charge in [0.25, 0.3) is 0 Å². The van der Waals surface area contributed by atoms with Crippen LogP contribution >= 0.6 is 11.6 Å². The van der Waals surface area contributed by atoms with Crippen molar-refractivity contribution in [1.82, 2.24) is 10.3 Å². The zero-order chi connectivity index (χ0) is 18.1. The highest BCUT2D eigenvalue weighted by Crippen LogP contribution is 2.34. The molecule has 4 rings (SSSR count). The molecule has 0 saturated carbocycles. The number of aromatic nitrogens is 1. The Balaban J connectivity index is 1.58. The fourth-order valence-corrected chi connectivity index (χ4v) is 3.63. The SMILES string of the molecule is O=C1Cc2ccc(-c3cc(NC(=O)C4CCCNC4)ncc3Cl)cc2N1. The molecule has 1 fully saturated rings. The third-order valence-corrected chi connectivity index (χ3v) is 5.12. The molecular formula is C19H19ClN4O2. The Morgan fingerprint density at radius 3 is 3.00 bits per heavy atom. The Labute approximate surface area is 156 Å². The van der Waals surface area contributed by atoms with E-state index in [-0.39, 0.29) is 17.7 Å². The molecule has 3 heterocycles. The van der Waals surface area contributed by atoms with Gasteiger partial charge in [0.05, 0.1) is 17.4 Å². The zero-order valence-electron chi connectivity index (χ0n) is 14.1. The number of anilines is 2. The summed E-state index contributed by atoms with van der Waals surface area (Å²) >= 11 is 6.32. The van der Waals surface area contributed by atoms with Gasteiger partial charge in [-0.05, 0) is 42.6 Å². The standard InChI is InChI=1S/C19H19ClN4O2/c20-15-10-22-17(24-19(26)13-2-1-5-21-9-13)8-14(15)11-3-4-12-7-18(25)23-16(12)6-11/h3-4,6,8,10,13,21H,1-2,5,7,9H2,(H,23,25)(H,22,24,26). The largest absolute Gasteiger partial charge is 0.326 e. The van der Waals surface area contributed by atoms with Crippen LogP contribution < -0.4 is 16.0 Å². The summed E-state index contributed by atoms with van der Waals surface area (Å²) in [5.41, 5.74) is 3.41. The van der Waals surface area contributed by atoms with Crippen LogP contribution in [0.3, 0.4) is 0 Å². The van der Waals surface area contributed by atoms with Gasteiger partial charge < -0.3 is 16.0 Å². The minimum absolute atomic E-state index is 0.00739. The summed E-state index contributed by atoms with van der Waals surface area (Å²) < 4.78 is 0. The number of piperidine rings is 1. The Kier molecular flexibility index (Phi) is 4.61. The Hall–Kier alpha value is -2.44. The lowest BCUT2D eigenvalue weighted by atomic mass is 9.99. The number of pyridine rings is 1. The van der Waals surface area contributed by atoms with Gasteiger partial charge in [0.2, 0.25) is 11.8 Å². The number of benzene rings is 1. The van der Waals surface area contributed by atoms with E-state index in [1.165, 1.54) is 6.20 Å². The molecule has 0 aliphatic carbocycles. The van der Waals surface area contributed by atoms with Crippen LogP contribution in [0.1, 0.15) is 18.4 Å². The number of hydrogen-bond acceptors (Lipinski definition) is 4. The average molecular weight is 371 g/mol. The summed E-state index contributed by atoms with van der Waals surface area (Å²) in [7, 11) is 0. The van der Waals surface area contributed by atoms with E-state index in [1.807, 2.05) is 18.2 Å². The molecule has 1 aromatic heterocycles. The lowest BCUT2D eigenvalue weighted by Gasteiger charge is -2.21. The van der Waals surface area contributed by atoms with Crippen LogP contribution in [0.5, 0.6) is 0 Å². The van der Waals surface area contributed by atoms with E-state index in [2.05, 4.69) is 20.9 Å². The number of halogens is 1. The van der Waals surface area contributed by atoms with E-state index in [1.54, 1.807) is 6.07 Å². The van der Waals surface area contributed by atoms with Crippen molar-refractivity contribution in [2.24, 2.45) is 5.92 Å². The van der Waals surface area contributed by atoms with E-state index in [0.29, 0.717) is 23.8 Å². The fraction of sp³-hybridized carbons (Fsp3) is 0.316. The first kappa shape index (κ1) is 17.0. The maximum Gasteiger partial charge on any atom is 0.229 e. The first-order valence-corrected chi connectivity index (χ1v) is 9.08. The Morgan fingerprint density at radius 2 is 2.19 bits per heavy atom. The summed E-state index contributed by atoms with van der Waals surface area (Å²) in [6.07, 6.45) is 3.82. The van der Waals surface area contributed by atoms with Gasteiger partial charge in [-0.15, -0.1) is 0 Å². The first-order valence-electron chi connectivity index (χ1n) is 8.70. The average Bonchev–Trinajstić information content (AvgIpc) is 3.03. The summed E-state index contributed by atoms with van der Waals surface area (Å²) in [4.78, 5) is 28.2. The van der Waals surface area contributed by atoms with Crippen molar-refractivity contribution >= 4 is 34.9 Å². The summed E-state index contributed by atoms with van der Waals surface area (Å²) in [6.45, 7) is 1.65. The molecule has 1 saturated heterocycles. The number of rotatable bonds is 3. The molecule has 2 aliphatic rings. The van der Waals surface area contributed by atoms with E-state index in [9.17, 15) is 9.59 Å². The number of hydrogen-bond donors (Lipinski definition) is 3. The topological polar surface area (TPSA) is 83.1 Å². The molecule has 3 N–H and O–H groups in total. The third kappa shape index (κ3) is 3.43. The van der Waals surface area contributed by atoms with Crippen molar-refractivity contribution in [3.05, 3.63) is 41.0 Å². The highest BCUT2D eigenvalue weighted by atomic mass is 35.5. The first-order chi connectivity index (χ1) is 12.6. The third-order valence-electron chi connectivity index (χ3n) is 4.82. The zero-order valence-corrected chi connectivity index (χ0v) is 14.9. The highest BCUT2D eigenvalue weighted by molar-refractivity contribution is 6.33. The second-order valence-corrected chi connectivity index (χ2v) is 7.09. The van der Waals surface area contributed by atoms with E-state index in [4.69, 9.17) is 11.6 Å². The van der Waals surface area contributed by atoms with E-state index in [0.717, 1.165) is 41.8 Å². The van der Waals surface area contributed by atoms with Gasteiger partial charge in [0.1, 0.15) is 5.82 Å². The van der Waals surface area contributed by atoms with Crippen LogP contribution in [0.15, 0.2) is 30.5 Å². The maximum atomic E-state index is 12.4. The molecule has 1 atom stereocenters. The number of amides is 2. The van der Waals surface area contributed by atoms with Gasteiger partial charge in [-0.1, -0.05) is 23.7 Å². The minimum atomic E-state index is -0.0418. The number of nitrogens with one attached hydrogen (secondary N) is 3. The van der Waals surface area contributed by atoms with Crippen LogP contribution in [0, 0.1) is 5.92 Å². The van der Waals surface area contributed by atoms with Gasteiger partial charge in [0, 0.05) is 24.0 Å². The Bertz CT molecular complexity index is 878. The molecule has 2 amide bonds. The molecule has 0 radical (unpaired) electrons. The fourth-order valence-electron chi connectivity index (χ4n) is 3.41. The number of carbonyl (C=O) groups excluding carboxylic acids is 2. The van der Waals surface area contributed by atoms with E-state index < -0.39 is 0 Å². The van der Waals surface area contributed by atoms with Crippen molar-refractivity contribution in [2.75, 3.05) is 23.7 Å². The summed E-state index contributed by atoms with van der Waals surface area (Å²) in [5.74, 6) is 0.399. The second-order valence-electron chi connectivity index (χ2n) is 6.68. The van der Waals surface area contributed by atoms with Crippen molar-refractivity contribution in [1.29, 1.82) is 0 Å².